The SMILES string of the molecule is CCOC(=O)c1ccc(N2CCN(C(=O)C34CC5CC(C)(CC(Br)(C5)C3)C4)CC2)cc1. The predicted molar refractivity (Wildman–Crippen MR) is 125 cm³/mol. The van der Waals surface area contributed by atoms with Crippen LogP contribution in [0.1, 0.15) is 62.7 Å². The van der Waals surface area contributed by atoms with Crippen LogP contribution in [0.25, 0.3) is 0 Å². The Morgan fingerprint density at radius 1 is 1.03 bits per heavy atom. The number of hydrogen-bond acceptors (Lipinski definition) is 4. The van der Waals surface area contributed by atoms with Crippen molar-refractivity contribution < 1.29 is 14.3 Å². The van der Waals surface area contributed by atoms with E-state index in [0.29, 0.717) is 29.4 Å². The van der Waals surface area contributed by atoms with Gasteiger partial charge in [0.25, 0.3) is 0 Å². The molecule has 1 aliphatic heterocycles. The molecule has 4 saturated carbocycles. The van der Waals surface area contributed by atoms with Crippen LogP contribution in [0.2, 0.25) is 0 Å². The highest BCUT2D eigenvalue weighted by molar-refractivity contribution is 9.10. The summed E-state index contributed by atoms with van der Waals surface area (Å²) in [6.45, 7) is 7.82. The zero-order valence-corrected chi connectivity index (χ0v) is 20.2. The highest BCUT2D eigenvalue weighted by Gasteiger charge is 2.64. The number of anilines is 1. The van der Waals surface area contributed by atoms with E-state index in [1.807, 2.05) is 31.2 Å². The molecule has 5 aliphatic rings. The maximum atomic E-state index is 13.8. The normalized spacial score (nSPS) is 36.5. The van der Waals surface area contributed by atoms with Gasteiger partial charge in [0.1, 0.15) is 0 Å². The molecule has 6 heteroatoms. The standard InChI is InChI=1S/C25H33BrN2O3/c1-3-31-21(29)19-4-6-20(7-5-19)27-8-10-28(11-9-27)22(30)24-13-18-12-23(2,15-24)16-25(26,14-18)17-24/h4-7,18H,3,8-17H2,1-2H3. The van der Waals surface area contributed by atoms with Gasteiger partial charge < -0.3 is 14.5 Å². The molecule has 0 radical (unpaired) electrons. The van der Waals surface area contributed by atoms with Crippen LogP contribution in [0, 0.1) is 16.7 Å². The van der Waals surface area contributed by atoms with E-state index in [1.54, 1.807) is 0 Å². The van der Waals surface area contributed by atoms with Gasteiger partial charge in [0.05, 0.1) is 17.6 Å². The van der Waals surface area contributed by atoms with E-state index in [2.05, 4.69) is 32.7 Å². The number of rotatable bonds is 4. The Labute approximate surface area is 193 Å². The van der Waals surface area contributed by atoms with Crippen molar-refractivity contribution >= 4 is 33.5 Å². The molecule has 1 saturated heterocycles. The number of carbonyl (C=O) groups excluding carboxylic acids is 2. The van der Waals surface area contributed by atoms with Gasteiger partial charge in [-0.15, -0.1) is 0 Å². The van der Waals surface area contributed by atoms with Crippen LogP contribution >= 0.6 is 15.9 Å². The minimum atomic E-state index is -0.279. The lowest BCUT2D eigenvalue weighted by atomic mass is 9.44. The number of nitrogens with zero attached hydrogens (tertiary/aromatic N) is 2. The molecule has 5 fully saturated rings. The maximum Gasteiger partial charge on any atom is 0.338 e. The van der Waals surface area contributed by atoms with Crippen molar-refractivity contribution in [3.63, 3.8) is 0 Å². The van der Waals surface area contributed by atoms with Gasteiger partial charge >= 0.3 is 5.97 Å². The molecule has 1 amide bonds. The van der Waals surface area contributed by atoms with Gasteiger partial charge in [-0.2, -0.15) is 0 Å². The molecule has 1 heterocycles. The number of piperazine rings is 1. The maximum absolute atomic E-state index is 13.8. The van der Waals surface area contributed by atoms with Crippen molar-refractivity contribution in [3.8, 4) is 0 Å². The molecule has 1 aromatic carbocycles. The molecule has 0 aromatic heterocycles. The fourth-order valence-electron chi connectivity index (χ4n) is 7.56. The number of hydrogen-bond donors (Lipinski definition) is 0. The van der Waals surface area contributed by atoms with Crippen molar-refractivity contribution in [3.05, 3.63) is 29.8 Å². The molecule has 4 atom stereocenters. The van der Waals surface area contributed by atoms with E-state index in [0.717, 1.165) is 51.1 Å². The van der Waals surface area contributed by atoms with Crippen LogP contribution in [-0.2, 0) is 9.53 Å². The fraction of sp³-hybridized carbons (Fsp3) is 0.680. The van der Waals surface area contributed by atoms with Crippen LogP contribution in [0.5, 0.6) is 0 Å². The fourth-order valence-corrected chi connectivity index (χ4v) is 9.23. The van der Waals surface area contributed by atoms with Crippen molar-refractivity contribution in [1.29, 1.82) is 0 Å². The predicted octanol–water partition coefficient (Wildman–Crippen LogP) is 4.64. The zero-order chi connectivity index (χ0) is 21.9. The molecular weight excluding hydrogens is 456 g/mol. The Kier molecular flexibility index (Phi) is 5.15. The van der Waals surface area contributed by atoms with Crippen LogP contribution in [0.4, 0.5) is 5.69 Å². The average Bonchev–Trinajstić information content (AvgIpc) is 2.71. The van der Waals surface area contributed by atoms with Crippen molar-refractivity contribution in [2.75, 3.05) is 37.7 Å². The second kappa shape index (κ2) is 7.50. The number of alkyl halides is 1. The Hall–Kier alpha value is -1.56. The van der Waals surface area contributed by atoms with Gasteiger partial charge in [-0.05, 0) is 81.0 Å². The number of amides is 1. The van der Waals surface area contributed by atoms with E-state index < -0.39 is 0 Å². The first-order chi connectivity index (χ1) is 14.7. The van der Waals surface area contributed by atoms with Gasteiger partial charge in [-0.3, -0.25) is 4.79 Å². The average molecular weight is 489 g/mol. The number of benzene rings is 1. The molecule has 0 spiro atoms. The van der Waals surface area contributed by atoms with Crippen molar-refractivity contribution in [2.45, 2.75) is 56.7 Å². The summed E-state index contributed by atoms with van der Waals surface area (Å²) in [5, 5.41) is 0. The first-order valence-corrected chi connectivity index (χ1v) is 12.5. The quantitative estimate of drug-likeness (QED) is 0.457. The Morgan fingerprint density at radius 3 is 2.35 bits per heavy atom. The van der Waals surface area contributed by atoms with E-state index in [-0.39, 0.29) is 15.7 Å². The number of halogens is 1. The third-order valence-corrected chi connectivity index (χ3v) is 8.93. The second-order valence-electron chi connectivity index (χ2n) is 10.8. The van der Waals surface area contributed by atoms with Gasteiger partial charge in [0.2, 0.25) is 5.91 Å². The number of esters is 1. The molecule has 0 N–H and O–H groups in total. The van der Waals surface area contributed by atoms with Gasteiger partial charge in [-0.25, -0.2) is 4.79 Å². The summed E-state index contributed by atoms with van der Waals surface area (Å²) >= 11 is 4.07. The summed E-state index contributed by atoms with van der Waals surface area (Å²) in [6, 6.07) is 7.63. The largest absolute Gasteiger partial charge is 0.462 e. The Morgan fingerprint density at radius 2 is 1.74 bits per heavy atom. The minimum absolute atomic E-state index is 0.152. The van der Waals surface area contributed by atoms with E-state index in [1.165, 1.54) is 19.3 Å². The van der Waals surface area contributed by atoms with Gasteiger partial charge in [0, 0.05) is 36.2 Å². The highest BCUT2D eigenvalue weighted by atomic mass is 79.9. The third-order valence-electron chi connectivity index (χ3n) is 8.04. The first kappa shape index (κ1) is 21.3. The molecule has 4 aliphatic carbocycles. The van der Waals surface area contributed by atoms with Crippen LogP contribution in [0.15, 0.2) is 24.3 Å². The first-order valence-electron chi connectivity index (χ1n) is 11.7. The zero-order valence-electron chi connectivity index (χ0n) is 18.7. The molecule has 4 unspecified atom stereocenters. The van der Waals surface area contributed by atoms with Crippen LogP contribution in [-0.4, -0.2) is 53.9 Å². The summed E-state index contributed by atoms with van der Waals surface area (Å²) in [6.07, 6.45) is 6.93. The lowest BCUT2D eigenvalue weighted by molar-refractivity contribution is -0.162. The number of ether oxygens (including phenoxy) is 1. The molecular formula is C25H33BrN2O3. The monoisotopic (exact) mass is 488 g/mol. The summed E-state index contributed by atoms with van der Waals surface area (Å²) in [5.74, 6) is 0.825. The van der Waals surface area contributed by atoms with Crippen molar-refractivity contribution in [2.24, 2.45) is 16.7 Å². The highest BCUT2D eigenvalue weighted by Crippen LogP contribution is 2.69. The number of carbonyl (C=O) groups is 2. The molecule has 1 aromatic rings. The van der Waals surface area contributed by atoms with Gasteiger partial charge in [0.15, 0.2) is 0 Å². The van der Waals surface area contributed by atoms with E-state index in [4.69, 9.17) is 4.74 Å². The summed E-state index contributed by atoms with van der Waals surface area (Å²) in [7, 11) is 0. The Balaban J connectivity index is 1.24. The molecule has 31 heavy (non-hydrogen) atoms. The summed E-state index contributed by atoms with van der Waals surface area (Å²) in [4.78, 5) is 30.1. The molecule has 5 nitrogen and oxygen atoms in total. The lowest BCUT2D eigenvalue weighted by Gasteiger charge is -2.64. The topological polar surface area (TPSA) is 49.9 Å². The summed E-state index contributed by atoms with van der Waals surface area (Å²) in [5.41, 5.74) is 1.85. The summed E-state index contributed by atoms with van der Waals surface area (Å²) < 4.78 is 5.25. The molecule has 6 rings (SSSR count). The van der Waals surface area contributed by atoms with E-state index >= 15 is 0 Å². The van der Waals surface area contributed by atoms with E-state index in [9.17, 15) is 9.59 Å². The van der Waals surface area contributed by atoms with Crippen LogP contribution in [0.3, 0.4) is 0 Å². The lowest BCUT2D eigenvalue weighted by Crippen LogP contribution is -2.63. The third kappa shape index (κ3) is 3.79. The Bertz CT molecular complexity index is 859. The van der Waals surface area contributed by atoms with Crippen molar-refractivity contribution in [1.82, 2.24) is 4.90 Å². The second-order valence-corrected chi connectivity index (χ2v) is 12.5. The van der Waals surface area contributed by atoms with Gasteiger partial charge in [-0.1, -0.05) is 22.9 Å². The molecule has 168 valence electrons. The van der Waals surface area contributed by atoms with Crippen LogP contribution < -0.4 is 4.90 Å². The smallest absolute Gasteiger partial charge is 0.338 e. The minimum Gasteiger partial charge on any atom is -0.462 e. The molecule has 4 bridgehead atoms.